The van der Waals surface area contributed by atoms with E-state index in [1.807, 2.05) is 24.3 Å². The van der Waals surface area contributed by atoms with Crippen molar-refractivity contribution in [3.63, 3.8) is 0 Å². The van der Waals surface area contributed by atoms with Crippen molar-refractivity contribution in [3.05, 3.63) is 113 Å². The van der Waals surface area contributed by atoms with Crippen molar-refractivity contribution in [1.82, 2.24) is 0 Å². The largest absolute Gasteiger partial charge is 0.377 e. The Morgan fingerprint density at radius 2 is 1.41 bits per heavy atom. The summed E-state index contributed by atoms with van der Waals surface area (Å²) in [4.78, 5) is 14.0. The Balaban J connectivity index is 1.79. The van der Waals surface area contributed by atoms with Crippen LogP contribution in [0, 0.1) is 12.3 Å². The number of nitrogens with one attached hydrogen (secondary N) is 1. The maximum Gasteiger partial charge on any atom is 0.296 e. The molecule has 3 aromatic carbocycles. The normalized spacial score (nSPS) is 14.4. The molecule has 0 saturated carbocycles. The summed E-state index contributed by atoms with van der Waals surface area (Å²) in [5.74, 6) is -0.575. The van der Waals surface area contributed by atoms with E-state index in [4.69, 9.17) is 11.5 Å². The maximum atomic E-state index is 13.0. The third kappa shape index (κ3) is 6.83. The second-order valence-electron chi connectivity index (χ2n) is 10.6. The number of nitrogens with zero attached hydrogens (tertiary/aromatic N) is 1. The zero-order chi connectivity index (χ0) is 32.4. The van der Waals surface area contributed by atoms with Crippen LogP contribution in [-0.2, 0) is 20.2 Å². The Labute approximate surface area is 257 Å². The molecule has 0 aliphatic heterocycles. The Hall–Kier alpha value is -4.11. The van der Waals surface area contributed by atoms with Crippen LogP contribution >= 0.6 is 0 Å². The SMILES string of the molecule is Cc1c(C(=O)Nc2ccc(C(=C3C=CC(CN)(CN)C=C3)c3ccc(N(C)C)c(S(=O)(=O)O)c3)cc2)cccc1S(=O)(=O)O. The second-order valence-corrected chi connectivity index (χ2v) is 13.4. The molecule has 44 heavy (non-hydrogen) atoms. The van der Waals surface area contributed by atoms with Gasteiger partial charge in [-0.2, -0.15) is 16.8 Å². The molecule has 0 bridgehead atoms. The van der Waals surface area contributed by atoms with Gasteiger partial charge in [0.1, 0.15) is 4.90 Å². The van der Waals surface area contributed by atoms with Gasteiger partial charge in [0.25, 0.3) is 26.1 Å². The predicted octanol–water partition coefficient (Wildman–Crippen LogP) is 3.64. The Morgan fingerprint density at radius 1 is 0.841 bits per heavy atom. The molecule has 0 saturated heterocycles. The molecule has 0 aromatic heterocycles. The van der Waals surface area contributed by atoms with Gasteiger partial charge < -0.3 is 21.7 Å². The van der Waals surface area contributed by atoms with Crippen LogP contribution in [0.25, 0.3) is 5.57 Å². The molecule has 0 spiro atoms. The van der Waals surface area contributed by atoms with Crippen molar-refractivity contribution < 1.29 is 30.7 Å². The highest BCUT2D eigenvalue weighted by atomic mass is 32.2. The van der Waals surface area contributed by atoms with Gasteiger partial charge >= 0.3 is 0 Å². The highest BCUT2D eigenvalue weighted by Crippen LogP contribution is 2.36. The predicted molar refractivity (Wildman–Crippen MR) is 171 cm³/mol. The fourth-order valence-corrected chi connectivity index (χ4v) is 6.49. The highest BCUT2D eigenvalue weighted by Gasteiger charge is 2.25. The first-order valence-electron chi connectivity index (χ1n) is 13.4. The van der Waals surface area contributed by atoms with Crippen molar-refractivity contribution in [2.24, 2.45) is 16.9 Å². The van der Waals surface area contributed by atoms with Crippen LogP contribution in [-0.4, -0.2) is 59.0 Å². The van der Waals surface area contributed by atoms with Crippen molar-refractivity contribution in [3.8, 4) is 0 Å². The number of hydrogen-bond acceptors (Lipinski definition) is 8. The lowest BCUT2D eigenvalue weighted by Gasteiger charge is -2.27. The molecule has 1 aliphatic rings. The molecule has 3 aromatic rings. The molecule has 0 fully saturated rings. The molecule has 13 heteroatoms. The fraction of sp³-hybridized carbons (Fsp3) is 0.194. The maximum absolute atomic E-state index is 13.0. The van der Waals surface area contributed by atoms with E-state index in [1.165, 1.54) is 31.2 Å². The molecule has 11 nitrogen and oxygen atoms in total. The number of carbonyl (C=O) groups is 1. The average Bonchev–Trinajstić information content (AvgIpc) is 2.97. The summed E-state index contributed by atoms with van der Waals surface area (Å²) >= 11 is 0. The van der Waals surface area contributed by atoms with E-state index in [2.05, 4.69) is 5.32 Å². The minimum atomic E-state index is -4.57. The number of benzene rings is 3. The molecule has 4 rings (SSSR count). The first kappa shape index (κ1) is 32.8. The molecule has 0 radical (unpaired) electrons. The lowest BCUT2D eigenvalue weighted by Crippen LogP contribution is -2.35. The Bertz CT molecular complexity index is 1890. The van der Waals surface area contributed by atoms with Crippen LogP contribution in [0.5, 0.6) is 0 Å². The summed E-state index contributed by atoms with van der Waals surface area (Å²) in [7, 11) is -5.74. The number of anilines is 2. The van der Waals surface area contributed by atoms with Crippen LogP contribution in [0.15, 0.2) is 100 Å². The first-order valence-corrected chi connectivity index (χ1v) is 16.3. The van der Waals surface area contributed by atoms with Crippen LogP contribution in [0.1, 0.15) is 27.0 Å². The summed E-state index contributed by atoms with van der Waals surface area (Å²) in [6, 6.07) is 15.6. The number of carbonyl (C=O) groups excluding carboxylic acids is 1. The van der Waals surface area contributed by atoms with E-state index < -0.39 is 31.6 Å². The van der Waals surface area contributed by atoms with E-state index in [1.54, 1.807) is 55.4 Å². The van der Waals surface area contributed by atoms with E-state index in [0.717, 1.165) is 5.57 Å². The number of allylic oxidation sites excluding steroid dienone is 3. The number of hydrogen-bond donors (Lipinski definition) is 5. The summed E-state index contributed by atoms with van der Waals surface area (Å²) in [6.07, 6.45) is 7.53. The smallest absolute Gasteiger partial charge is 0.296 e. The van der Waals surface area contributed by atoms with Crippen LogP contribution in [0.2, 0.25) is 0 Å². The number of rotatable bonds is 9. The topological polar surface area (TPSA) is 193 Å². The molecule has 1 amide bonds. The first-order chi connectivity index (χ1) is 20.6. The molecule has 0 heterocycles. The van der Waals surface area contributed by atoms with E-state index in [-0.39, 0.29) is 20.9 Å². The van der Waals surface area contributed by atoms with Crippen molar-refractivity contribution in [1.29, 1.82) is 0 Å². The van der Waals surface area contributed by atoms with E-state index in [9.17, 15) is 30.7 Å². The standard InChI is InChI=1S/C31H34N4O7S2/c1-20-25(5-4-6-27(20)43(37,38)39)30(36)34-24-10-7-21(8-11-24)29(22-13-15-31(18-32,19-33)16-14-22)23-9-12-26(35(2)3)28(17-23)44(40,41)42/h4-17H,18-19,32-33H2,1-3H3,(H,34,36)(H,37,38,39)(H,40,41,42). The fourth-order valence-electron chi connectivity index (χ4n) is 4.95. The summed E-state index contributed by atoms with van der Waals surface area (Å²) in [5.41, 5.74) is 14.9. The van der Waals surface area contributed by atoms with Gasteiger partial charge in [-0.3, -0.25) is 13.9 Å². The minimum absolute atomic E-state index is 0.0755. The van der Waals surface area contributed by atoms with Gasteiger partial charge in [0.15, 0.2) is 0 Å². The number of nitrogens with two attached hydrogens (primary N) is 2. The molecule has 0 unspecified atom stereocenters. The lowest BCUT2D eigenvalue weighted by atomic mass is 9.81. The Kier molecular flexibility index (Phi) is 9.30. The second kappa shape index (κ2) is 12.5. The quantitative estimate of drug-likeness (QED) is 0.216. The van der Waals surface area contributed by atoms with Gasteiger partial charge in [-0.25, -0.2) is 0 Å². The van der Waals surface area contributed by atoms with Crippen molar-refractivity contribution in [2.45, 2.75) is 16.7 Å². The summed E-state index contributed by atoms with van der Waals surface area (Å²) < 4.78 is 67.5. The van der Waals surface area contributed by atoms with Crippen LogP contribution in [0.4, 0.5) is 11.4 Å². The average molecular weight is 639 g/mol. The van der Waals surface area contributed by atoms with Gasteiger partial charge in [0.05, 0.1) is 10.6 Å². The van der Waals surface area contributed by atoms with Crippen LogP contribution < -0.4 is 21.7 Å². The van der Waals surface area contributed by atoms with Gasteiger partial charge in [-0.05, 0) is 71.2 Å². The molecule has 7 N–H and O–H groups in total. The van der Waals surface area contributed by atoms with E-state index >= 15 is 0 Å². The molecule has 232 valence electrons. The van der Waals surface area contributed by atoms with Crippen LogP contribution in [0.3, 0.4) is 0 Å². The highest BCUT2D eigenvalue weighted by molar-refractivity contribution is 7.86. The summed E-state index contributed by atoms with van der Waals surface area (Å²) in [6.45, 7) is 2.02. The molecular formula is C31H34N4O7S2. The van der Waals surface area contributed by atoms with Gasteiger partial charge in [0, 0.05) is 43.9 Å². The molecule has 1 aliphatic carbocycles. The minimum Gasteiger partial charge on any atom is -0.377 e. The van der Waals surface area contributed by atoms with Gasteiger partial charge in [0.2, 0.25) is 0 Å². The van der Waals surface area contributed by atoms with Gasteiger partial charge in [-0.1, -0.05) is 48.6 Å². The lowest BCUT2D eigenvalue weighted by molar-refractivity contribution is 0.102. The number of amides is 1. The Morgan fingerprint density at radius 3 is 1.93 bits per heavy atom. The molecule has 0 atom stereocenters. The van der Waals surface area contributed by atoms with Crippen molar-refractivity contribution >= 4 is 43.1 Å². The monoisotopic (exact) mass is 638 g/mol. The van der Waals surface area contributed by atoms with E-state index in [0.29, 0.717) is 41.2 Å². The van der Waals surface area contributed by atoms with Gasteiger partial charge in [-0.15, -0.1) is 0 Å². The van der Waals surface area contributed by atoms with Crippen molar-refractivity contribution in [2.75, 3.05) is 37.4 Å². The zero-order valence-corrected chi connectivity index (χ0v) is 26.0. The third-order valence-corrected chi connectivity index (χ3v) is 9.37. The zero-order valence-electron chi connectivity index (χ0n) is 24.4. The molecular weight excluding hydrogens is 604 g/mol. The summed E-state index contributed by atoms with van der Waals surface area (Å²) in [5, 5.41) is 2.73. The third-order valence-electron chi connectivity index (χ3n) is 7.48.